The number of allylic oxidation sites excluding steroid dienone is 4. The highest BCUT2D eigenvalue weighted by molar-refractivity contribution is 6.32. The van der Waals surface area contributed by atoms with Gasteiger partial charge in [-0.3, -0.25) is 0 Å². The Morgan fingerprint density at radius 1 is 1.41 bits per heavy atom. The Kier molecular flexibility index (Phi) is 3.78. The van der Waals surface area contributed by atoms with Gasteiger partial charge in [0.15, 0.2) is 0 Å². The summed E-state index contributed by atoms with van der Waals surface area (Å²) in [6.45, 7) is 14.7. The Balaban J connectivity index is 2.16. The van der Waals surface area contributed by atoms with E-state index in [1.165, 1.54) is 22.4 Å². The maximum absolute atomic E-state index is 6.64. The normalized spacial score (nSPS) is 20.1. The molecule has 22 heavy (non-hydrogen) atoms. The average Bonchev–Trinajstić information content (AvgIpc) is 2.48. The highest BCUT2D eigenvalue weighted by Crippen LogP contribution is 2.41. The van der Waals surface area contributed by atoms with Gasteiger partial charge in [-0.05, 0) is 60.6 Å². The molecule has 1 nitrogen and oxygen atoms in total. The molecule has 2 aliphatic heterocycles. The van der Waals surface area contributed by atoms with Gasteiger partial charge in [0.05, 0.1) is 0 Å². The van der Waals surface area contributed by atoms with Crippen molar-refractivity contribution in [2.75, 3.05) is 0 Å². The van der Waals surface area contributed by atoms with Crippen LogP contribution in [0.2, 0.25) is 5.02 Å². The van der Waals surface area contributed by atoms with Crippen LogP contribution in [0.25, 0.3) is 5.70 Å². The third kappa shape index (κ3) is 2.24. The van der Waals surface area contributed by atoms with E-state index in [-0.39, 0.29) is 0 Å². The Labute approximate surface area is 138 Å². The van der Waals surface area contributed by atoms with E-state index < -0.39 is 0 Å². The lowest BCUT2D eigenvalue weighted by Gasteiger charge is -2.40. The molecule has 1 aromatic rings. The summed E-state index contributed by atoms with van der Waals surface area (Å²) in [6.07, 6.45) is 6.29. The zero-order chi connectivity index (χ0) is 16.0. The largest absolute Gasteiger partial charge is 0.344 e. The molecule has 1 unspecified atom stereocenters. The summed E-state index contributed by atoms with van der Waals surface area (Å²) < 4.78 is 0. The molecule has 0 N–H and O–H groups in total. The van der Waals surface area contributed by atoms with Crippen molar-refractivity contribution in [3.05, 3.63) is 76.0 Å². The van der Waals surface area contributed by atoms with Crippen LogP contribution in [0.3, 0.4) is 0 Å². The zero-order valence-corrected chi connectivity index (χ0v) is 14.3. The molecule has 114 valence electrons. The molecule has 1 aromatic carbocycles. The molecular weight excluding hydrogens is 290 g/mol. The summed E-state index contributed by atoms with van der Waals surface area (Å²) >= 11 is 6.64. The van der Waals surface area contributed by atoms with Crippen molar-refractivity contribution in [1.82, 2.24) is 4.90 Å². The van der Waals surface area contributed by atoms with Crippen LogP contribution < -0.4 is 0 Å². The van der Waals surface area contributed by atoms with Crippen molar-refractivity contribution >= 4 is 17.3 Å². The second-order valence-electron chi connectivity index (χ2n) is 6.26. The third-order valence-electron chi connectivity index (χ3n) is 4.62. The molecule has 0 aromatic heterocycles. The number of benzene rings is 1. The minimum Gasteiger partial charge on any atom is -0.344 e. The van der Waals surface area contributed by atoms with Gasteiger partial charge < -0.3 is 4.90 Å². The number of hydrogen-bond acceptors (Lipinski definition) is 1. The van der Waals surface area contributed by atoms with Gasteiger partial charge in [-0.1, -0.05) is 43.8 Å². The van der Waals surface area contributed by atoms with Crippen molar-refractivity contribution < 1.29 is 0 Å². The third-order valence-corrected chi connectivity index (χ3v) is 5.09. The van der Waals surface area contributed by atoms with Crippen LogP contribution in [0.1, 0.15) is 37.5 Å². The summed E-state index contributed by atoms with van der Waals surface area (Å²) in [7, 11) is 0. The fraction of sp³-hybridized carbons (Fsp3) is 0.300. The summed E-state index contributed by atoms with van der Waals surface area (Å²) in [6, 6.07) is 4.74. The van der Waals surface area contributed by atoms with Crippen molar-refractivity contribution in [1.29, 1.82) is 0 Å². The molecule has 0 amide bonds. The predicted octanol–water partition coefficient (Wildman–Crippen LogP) is 5.52. The van der Waals surface area contributed by atoms with Crippen molar-refractivity contribution in [3.8, 4) is 0 Å². The van der Waals surface area contributed by atoms with Gasteiger partial charge in [0.2, 0.25) is 0 Å². The zero-order valence-electron chi connectivity index (χ0n) is 13.5. The minimum absolute atomic E-state index is 0.380. The summed E-state index contributed by atoms with van der Waals surface area (Å²) in [5.41, 5.74) is 8.15. The number of hydrogen-bond donors (Lipinski definition) is 0. The first-order valence-corrected chi connectivity index (χ1v) is 8.19. The van der Waals surface area contributed by atoms with E-state index >= 15 is 0 Å². The quantitative estimate of drug-likeness (QED) is 0.695. The number of fused-ring (bicyclic) bond motifs is 3. The van der Waals surface area contributed by atoms with Crippen LogP contribution in [0.5, 0.6) is 0 Å². The van der Waals surface area contributed by atoms with Crippen molar-refractivity contribution in [2.45, 2.75) is 39.7 Å². The molecule has 3 rings (SSSR count). The summed E-state index contributed by atoms with van der Waals surface area (Å²) in [4.78, 5) is 2.34. The van der Waals surface area contributed by atoms with E-state index in [4.69, 9.17) is 11.6 Å². The van der Waals surface area contributed by atoms with Crippen molar-refractivity contribution in [2.24, 2.45) is 0 Å². The Hall–Kier alpha value is -1.73. The number of nitrogens with zero attached hydrogens (tertiary/aromatic N) is 1. The highest BCUT2D eigenvalue weighted by atomic mass is 35.5. The topological polar surface area (TPSA) is 3.24 Å². The van der Waals surface area contributed by atoms with Gasteiger partial charge in [0.1, 0.15) is 0 Å². The lowest BCUT2D eigenvalue weighted by Crippen LogP contribution is -2.35. The maximum atomic E-state index is 6.64. The van der Waals surface area contributed by atoms with E-state index in [9.17, 15) is 0 Å². The molecule has 1 atom stereocenters. The van der Waals surface area contributed by atoms with E-state index in [1.807, 2.05) is 6.92 Å². The molecule has 2 aliphatic rings. The molecule has 0 saturated heterocycles. The molecule has 0 fully saturated rings. The van der Waals surface area contributed by atoms with E-state index in [0.717, 1.165) is 34.6 Å². The highest BCUT2D eigenvalue weighted by Gasteiger charge is 2.30. The molecular formula is C20H22ClN. The lowest BCUT2D eigenvalue weighted by molar-refractivity contribution is 0.388. The van der Waals surface area contributed by atoms with Crippen molar-refractivity contribution in [3.63, 3.8) is 0 Å². The molecule has 0 saturated carbocycles. The Bertz CT molecular complexity index is 736. The molecule has 2 heterocycles. The molecule has 2 heteroatoms. The predicted molar refractivity (Wildman–Crippen MR) is 95.8 cm³/mol. The second kappa shape index (κ2) is 5.48. The average molecular weight is 312 g/mol. The lowest BCUT2D eigenvalue weighted by atomic mass is 9.86. The maximum Gasteiger partial charge on any atom is 0.0491 e. The smallest absolute Gasteiger partial charge is 0.0491 e. The van der Waals surface area contributed by atoms with Gasteiger partial charge in [-0.15, -0.1) is 0 Å². The van der Waals surface area contributed by atoms with Crippen LogP contribution in [0.15, 0.2) is 54.3 Å². The van der Waals surface area contributed by atoms with E-state index in [0.29, 0.717) is 6.04 Å². The SMILES string of the molecule is C=C(C)C1=CN2C(=CC1=C)c1ccc(CC)c(Cl)c1CC2C. The first-order chi connectivity index (χ1) is 10.4. The van der Waals surface area contributed by atoms with Gasteiger partial charge >= 0.3 is 0 Å². The fourth-order valence-corrected chi connectivity index (χ4v) is 3.73. The van der Waals surface area contributed by atoms with Crippen LogP contribution in [0.4, 0.5) is 0 Å². The summed E-state index contributed by atoms with van der Waals surface area (Å²) in [5, 5.41) is 0.938. The first kappa shape index (κ1) is 15.2. The monoisotopic (exact) mass is 311 g/mol. The molecule has 0 aliphatic carbocycles. The fourth-order valence-electron chi connectivity index (χ4n) is 3.35. The minimum atomic E-state index is 0.380. The van der Waals surface area contributed by atoms with E-state index in [1.54, 1.807) is 0 Å². The number of aryl methyl sites for hydroxylation is 1. The van der Waals surface area contributed by atoms with Gasteiger partial charge in [-0.2, -0.15) is 0 Å². The Morgan fingerprint density at radius 2 is 2.14 bits per heavy atom. The Morgan fingerprint density at radius 3 is 2.77 bits per heavy atom. The first-order valence-electron chi connectivity index (χ1n) is 7.81. The van der Waals surface area contributed by atoms with Gasteiger partial charge in [0.25, 0.3) is 0 Å². The van der Waals surface area contributed by atoms with Crippen LogP contribution in [-0.2, 0) is 12.8 Å². The van der Waals surface area contributed by atoms with Crippen LogP contribution in [-0.4, -0.2) is 10.9 Å². The van der Waals surface area contributed by atoms with Crippen LogP contribution in [0, 0.1) is 0 Å². The van der Waals surface area contributed by atoms with Gasteiger partial charge in [0, 0.05) is 28.5 Å². The van der Waals surface area contributed by atoms with Crippen LogP contribution >= 0.6 is 11.6 Å². The molecule has 0 bridgehead atoms. The second-order valence-corrected chi connectivity index (χ2v) is 6.63. The summed E-state index contributed by atoms with van der Waals surface area (Å²) in [5.74, 6) is 0. The number of halogens is 1. The molecule has 0 spiro atoms. The van der Waals surface area contributed by atoms with E-state index in [2.05, 4.69) is 56.3 Å². The molecule has 0 radical (unpaired) electrons. The van der Waals surface area contributed by atoms with Gasteiger partial charge in [-0.25, -0.2) is 0 Å². The number of rotatable bonds is 2. The standard InChI is InChI=1S/C20H22ClN/c1-6-15-7-8-16-17(20(15)21)10-14(5)22-11-18(12(2)3)13(4)9-19(16)22/h7-9,11,14H,2,4,6,10H2,1,3,5H3.